The van der Waals surface area contributed by atoms with Crippen LogP contribution in [0, 0.1) is 4.77 Å². The number of nitrogens with zero attached hydrogens (tertiary/aromatic N) is 1. The lowest BCUT2D eigenvalue weighted by atomic mass is 10.0. The number of imidazole rings is 1. The first kappa shape index (κ1) is 13.6. The Morgan fingerprint density at radius 1 is 0.952 bits per heavy atom. The van der Waals surface area contributed by atoms with E-state index in [0.717, 1.165) is 28.3 Å². The third kappa shape index (κ3) is 2.50. The minimum atomic E-state index is 0.708. The zero-order valence-corrected chi connectivity index (χ0v) is 12.8. The highest BCUT2D eigenvalue weighted by Gasteiger charge is 2.13. The fraction of sp³-hybridized carbons (Fsp3) is 0.118. The third-order valence-electron chi connectivity index (χ3n) is 3.53. The van der Waals surface area contributed by atoms with Gasteiger partial charge in [0, 0.05) is 18.2 Å². The van der Waals surface area contributed by atoms with Crippen molar-refractivity contribution in [1.82, 2.24) is 9.55 Å². The Labute approximate surface area is 128 Å². The second-order valence-electron chi connectivity index (χ2n) is 4.81. The van der Waals surface area contributed by atoms with Crippen molar-refractivity contribution < 1.29 is 4.74 Å². The Hall–Kier alpha value is -2.33. The van der Waals surface area contributed by atoms with E-state index in [9.17, 15) is 0 Å². The summed E-state index contributed by atoms with van der Waals surface area (Å²) in [4.78, 5) is 3.30. The van der Waals surface area contributed by atoms with E-state index in [1.807, 2.05) is 54.1 Å². The van der Waals surface area contributed by atoms with Gasteiger partial charge in [-0.25, -0.2) is 0 Å². The average Bonchev–Trinajstić information content (AvgIpc) is 2.84. The number of aromatic nitrogens is 2. The molecule has 0 spiro atoms. The highest BCUT2D eigenvalue weighted by Crippen LogP contribution is 2.31. The highest BCUT2D eigenvalue weighted by molar-refractivity contribution is 7.71. The zero-order valence-electron chi connectivity index (χ0n) is 12.0. The predicted octanol–water partition coefficient (Wildman–Crippen LogP) is 4.43. The predicted molar refractivity (Wildman–Crippen MR) is 88.0 cm³/mol. The maximum Gasteiger partial charge on any atom is 0.177 e. The van der Waals surface area contributed by atoms with Crippen LogP contribution >= 0.6 is 12.2 Å². The van der Waals surface area contributed by atoms with Crippen molar-refractivity contribution in [3.8, 4) is 28.3 Å². The first-order valence-corrected chi connectivity index (χ1v) is 7.10. The Bertz CT molecular complexity index is 801. The first-order valence-electron chi connectivity index (χ1n) is 6.69. The van der Waals surface area contributed by atoms with Crippen molar-refractivity contribution in [2.45, 2.75) is 0 Å². The van der Waals surface area contributed by atoms with Crippen molar-refractivity contribution in [2.24, 2.45) is 7.05 Å². The van der Waals surface area contributed by atoms with E-state index in [-0.39, 0.29) is 0 Å². The number of H-pyrrole nitrogens is 1. The van der Waals surface area contributed by atoms with Gasteiger partial charge in [0.05, 0.1) is 18.5 Å². The summed E-state index contributed by atoms with van der Waals surface area (Å²) < 4.78 is 7.93. The van der Waals surface area contributed by atoms with E-state index in [1.165, 1.54) is 0 Å². The normalized spacial score (nSPS) is 10.6. The Balaban J connectivity index is 2.19. The molecule has 0 unspecified atom stereocenters. The second-order valence-corrected chi connectivity index (χ2v) is 5.19. The molecule has 3 aromatic rings. The smallest absolute Gasteiger partial charge is 0.177 e. The lowest BCUT2D eigenvalue weighted by Crippen LogP contribution is -1.92. The molecule has 0 fully saturated rings. The lowest BCUT2D eigenvalue weighted by molar-refractivity contribution is 0.415. The van der Waals surface area contributed by atoms with E-state index in [4.69, 9.17) is 17.0 Å². The highest BCUT2D eigenvalue weighted by atomic mass is 32.1. The standard InChI is InChI=1S/C17H16N2OS/c1-19-16(13-6-4-3-5-7-13)15(18-17(19)21)12-8-10-14(20-2)11-9-12/h3-11H,1-2H3,(H,18,21). The van der Waals surface area contributed by atoms with Gasteiger partial charge in [-0.2, -0.15) is 0 Å². The van der Waals surface area contributed by atoms with Gasteiger partial charge in [-0.1, -0.05) is 30.3 Å². The SMILES string of the molecule is COc1ccc(-c2[nH]c(=S)n(C)c2-c2ccccc2)cc1. The molecule has 0 saturated heterocycles. The fourth-order valence-corrected chi connectivity index (χ4v) is 2.61. The summed E-state index contributed by atoms with van der Waals surface area (Å²) in [6, 6.07) is 18.2. The van der Waals surface area contributed by atoms with E-state index < -0.39 is 0 Å². The minimum Gasteiger partial charge on any atom is -0.497 e. The van der Waals surface area contributed by atoms with E-state index in [0.29, 0.717) is 4.77 Å². The topological polar surface area (TPSA) is 29.9 Å². The maximum absolute atomic E-state index is 5.39. The van der Waals surface area contributed by atoms with E-state index in [2.05, 4.69) is 17.1 Å². The molecule has 0 aliphatic heterocycles. The van der Waals surface area contributed by atoms with E-state index in [1.54, 1.807) is 7.11 Å². The van der Waals surface area contributed by atoms with Crippen LogP contribution in [0.3, 0.4) is 0 Å². The monoisotopic (exact) mass is 296 g/mol. The molecule has 4 heteroatoms. The van der Waals surface area contributed by atoms with Crippen LogP contribution in [0.2, 0.25) is 0 Å². The van der Waals surface area contributed by atoms with Gasteiger partial charge in [-0.05, 0) is 36.5 Å². The van der Waals surface area contributed by atoms with Gasteiger partial charge < -0.3 is 14.3 Å². The number of rotatable bonds is 3. The number of methoxy groups -OCH3 is 1. The molecule has 0 aliphatic rings. The van der Waals surface area contributed by atoms with Crippen LogP contribution in [0.25, 0.3) is 22.5 Å². The zero-order chi connectivity index (χ0) is 14.8. The molecule has 0 aliphatic carbocycles. The molecule has 2 aromatic carbocycles. The number of nitrogens with one attached hydrogen (secondary N) is 1. The molecule has 1 N–H and O–H groups in total. The molecule has 21 heavy (non-hydrogen) atoms. The van der Waals surface area contributed by atoms with Crippen LogP contribution in [0.1, 0.15) is 0 Å². The molecule has 0 amide bonds. The summed E-state index contributed by atoms with van der Waals surface area (Å²) in [6.45, 7) is 0. The quantitative estimate of drug-likeness (QED) is 0.725. The molecule has 1 heterocycles. The molecule has 0 radical (unpaired) electrons. The van der Waals surface area contributed by atoms with Crippen LogP contribution < -0.4 is 4.74 Å². The van der Waals surface area contributed by atoms with Gasteiger partial charge in [-0.3, -0.25) is 0 Å². The summed E-state index contributed by atoms with van der Waals surface area (Å²) >= 11 is 5.39. The van der Waals surface area contributed by atoms with Gasteiger partial charge >= 0.3 is 0 Å². The molecular formula is C17H16N2OS. The summed E-state index contributed by atoms with van der Waals surface area (Å²) in [7, 11) is 3.65. The van der Waals surface area contributed by atoms with Gasteiger partial charge in [-0.15, -0.1) is 0 Å². The fourth-order valence-electron chi connectivity index (χ4n) is 2.42. The lowest BCUT2D eigenvalue weighted by Gasteiger charge is -2.07. The van der Waals surface area contributed by atoms with Crippen LogP contribution in [0.5, 0.6) is 5.75 Å². The molecule has 0 bridgehead atoms. The molecular weight excluding hydrogens is 280 g/mol. The molecule has 0 atom stereocenters. The number of hydrogen-bond acceptors (Lipinski definition) is 2. The second kappa shape index (κ2) is 5.58. The Morgan fingerprint density at radius 3 is 2.24 bits per heavy atom. The van der Waals surface area contributed by atoms with Gasteiger partial charge in [0.15, 0.2) is 4.77 Å². The van der Waals surface area contributed by atoms with Crippen molar-refractivity contribution >= 4 is 12.2 Å². The van der Waals surface area contributed by atoms with Crippen molar-refractivity contribution in [2.75, 3.05) is 7.11 Å². The van der Waals surface area contributed by atoms with Gasteiger partial charge in [0.2, 0.25) is 0 Å². The number of benzene rings is 2. The summed E-state index contributed by atoms with van der Waals surface area (Å²) in [6.07, 6.45) is 0. The van der Waals surface area contributed by atoms with Crippen LogP contribution in [0.4, 0.5) is 0 Å². The number of aromatic amines is 1. The average molecular weight is 296 g/mol. The third-order valence-corrected chi connectivity index (χ3v) is 3.91. The van der Waals surface area contributed by atoms with Crippen molar-refractivity contribution in [3.05, 3.63) is 59.4 Å². The van der Waals surface area contributed by atoms with Crippen molar-refractivity contribution in [3.63, 3.8) is 0 Å². The Morgan fingerprint density at radius 2 is 1.62 bits per heavy atom. The van der Waals surface area contributed by atoms with Gasteiger partial charge in [0.1, 0.15) is 5.75 Å². The van der Waals surface area contributed by atoms with Crippen LogP contribution in [-0.4, -0.2) is 16.7 Å². The largest absolute Gasteiger partial charge is 0.497 e. The Kier molecular flexibility index (Phi) is 3.62. The summed E-state index contributed by atoms with van der Waals surface area (Å²) in [5.41, 5.74) is 4.33. The number of hydrogen-bond donors (Lipinski definition) is 1. The maximum atomic E-state index is 5.39. The van der Waals surface area contributed by atoms with Gasteiger partial charge in [0.25, 0.3) is 0 Å². The molecule has 1 aromatic heterocycles. The number of ether oxygens (including phenoxy) is 1. The van der Waals surface area contributed by atoms with E-state index >= 15 is 0 Å². The molecule has 3 nitrogen and oxygen atoms in total. The summed E-state index contributed by atoms with van der Waals surface area (Å²) in [5.74, 6) is 0.842. The van der Waals surface area contributed by atoms with Crippen LogP contribution in [-0.2, 0) is 7.05 Å². The van der Waals surface area contributed by atoms with Crippen LogP contribution in [0.15, 0.2) is 54.6 Å². The minimum absolute atomic E-state index is 0.708. The van der Waals surface area contributed by atoms with Crippen molar-refractivity contribution in [1.29, 1.82) is 0 Å². The first-order chi connectivity index (χ1) is 10.2. The molecule has 106 valence electrons. The molecule has 3 rings (SSSR count). The summed E-state index contributed by atoms with van der Waals surface area (Å²) in [5, 5.41) is 0. The molecule has 0 saturated carbocycles.